The molecule has 0 radical (unpaired) electrons. The van der Waals surface area contributed by atoms with Crippen LogP contribution >= 0.6 is 0 Å². The van der Waals surface area contributed by atoms with Crippen molar-refractivity contribution in [3.8, 4) is 0 Å². The topological polar surface area (TPSA) is 77.9 Å². The van der Waals surface area contributed by atoms with Crippen LogP contribution in [0.15, 0.2) is 0 Å². The minimum absolute atomic E-state index is 0.481. The normalized spacial score (nSPS) is 29.6. The Hall–Kier alpha value is -0.660. The second-order valence-electron chi connectivity index (χ2n) is 5.70. The van der Waals surface area contributed by atoms with Gasteiger partial charge in [0.15, 0.2) is 0 Å². The lowest BCUT2D eigenvalue weighted by atomic mass is 10.1. The molecule has 2 unspecified atom stereocenters. The van der Waals surface area contributed by atoms with E-state index in [0.29, 0.717) is 32.4 Å². The maximum atomic E-state index is 12.6. The number of nitrogens with zero attached hydrogens (tertiary/aromatic N) is 2. The number of sulfonamides is 1. The van der Waals surface area contributed by atoms with Gasteiger partial charge in [0.2, 0.25) is 10.0 Å². The highest BCUT2D eigenvalue weighted by Crippen LogP contribution is 2.33. The van der Waals surface area contributed by atoms with Gasteiger partial charge in [-0.1, -0.05) is 13.3 Å². The molecule has 2 rings (SSSR count). The van der Waals surface area contributed by atoms with E-state index >= 15 is 0 Å². The fourth-order valence-corrected chi connectivity index (χ4v) is 5.47. The zero-order valence-electron chi connectivity index (χ0n) is 12.0. The molecule has 116 valence electrons. The summed E-state index contributed by atoms with van der Waals surface area (Å²) >= 11 is 0. The van der Waals surface area contributed by atoms with Gasteiger partial charge in [0.25, 0.3) is 0 Å². The van der Waals surface area contributed by atoms with Crippen molar-refractivity contribution in [1.29, 1.82) is 0 Å². The quantitative estimate of drug-likeness (QED) is 0.804. The Morgan fingerprint density at radius 2 is 1.85 bits per heavy atom. The van der Waals surface area contributed by atoms with E-state index in [-0.39, 0.29) is 0 Å². The third-order valence-corrected chi connectivity index (χ3v) is 6.80. The summed E-state index contributed by atoms with van der Waals surface area (Å²) in [7, 11) is -3.47. The Balaban J connectivity index is 2.02. The van der Waals surface area contributed by atoms with Gasteiger partial charge in [-0.3, -0.25) is 4.79 Å². The third-order valence-electron chi connectivity index (χ3n) is 4.38. The molecule has 0 aromatic carbocycles. The SMILES string of the molecule is CCCN1CCN(S(=O)(=O)C2CCCC2C(=O)O)CC1. The van der Waals surface area contributed by atoms with Gasteiger partial charge in [0, 0.05) is 26.2 Å². The maximum absolute atomic E-state index is 12.6. The van der Waals surface area contributed by atoms with Gasteiger partial charge in [0.1, 0.15) is 0 Å². The zero-order valence-corrected chi connectivity index (χ0v) is 12.8. The van der Waals surface area contributed by atoms with E-state index in [1.165, 1.54) is 4.31 Å². The van der Waals surface area contributed by atoms with Crippen molar-refractivity contribution in [3.05, 3.63) is 0 Å². The van der Waals surface area contributed by atoms with Gasteiger partial charge in [-0.15, -0.1) is 0 Å². The van der Waals surface area contributed by atoms with E-state index in [4.69, 9.17) is 5.11 Å². The molecule has 0 spiro atoms. The minimum Gasteiger partial charge on any atom is -0.481 e. The number of carboxylic acid groups (broad SMARTS) is 1. The lowest BCUT2D eigenvalue weighted by Gasteiger charge is -2.35. The number of carboxylic acids is 1. The molecule has 6 nitrogen and oxygen atoms in total. The smallest absolute Gasteiger partial charge is 0.307 e. The molecule has 0 aromatic heterocycles. The standard InChI is InChI=1S/C13H24N2O4S/c1-2-6-14-7-9-15(10-8-14)20(18,19)12-5-3-4-11(12)13(16)17/h11-12H,2-10H2,1H3,(H,16,17). The first-order valence-electron chi connectivity index (χ1n) is 7.41. The van der Waals surface area contributed by atoms with Crippen LogP contribution in [0.3, 0.4) is 0 Å². The molecule has 7 heteroatoms. The number of carbonyl (C=O) groups is 1. The highest BCUT2D eigenvalue weighted by atomic mass is 32.2. The van der Waals surface area contributed by atoms with Crippen molar-refractivity contribution in [3.63, 3.8) is 0 Å². The minimum atomic E-state index is -3.47. The molecule has 20 heavy (non-hydrogen) atoms. The number of piperazine rings is 1. The molecule has 2 aliphatic rings. The summed E-state index contributed by atoms with van der Waals surface area (Å²) in [5, 5.41) is 8.44. The summed E-state index contributed by atoms with van der Waals surface area (Å²) in [6, 6.07) is 0. The van der Waals surface area contributed by atoms with Crippen molar-refractivity contribution in [1.82, 2.24) is 9.21 Å². The lowest BCUT2D eigenvalue weighted by Crippen LogP contribution is -2.52. The largest absolute Gasteiger partial charge is 0.481 e. The van der Waals surface area contributed by atoms with Crippen LogP contribution in [0.2, 0.25) is 0 Å². The first kappa shape index (κ1) is 15.7. The molecular weight excluding hydrogens is 280 g/mol. The van der Waals surface area contributed by atoms with Crippen molar-refractivity contribution in [2.75, 3.05) is 32.7 Å². The van der Waals surface area contributed by atoms with Crippen molar-refractivity contribution >= 4 is 16.0 Å². The van der Waals surface area contributed by atoms with Crippen LogP contribution in [0, 0.1) is 5.92 Å². The summed E-state index contributed by atoms with van der Waals surface area (Å²) in [4.78, 5) is 13.4. The Kier molecular flexibility index (Phi) is 5.04. The van der Waals surface area contributed by atoms with Gasteiger partial charge >= 0.3 is 5.97 Å². The molecule has 1 aliphatic carbocycles. The molecule has 1 saturated heterocycles. The van der Waals surface area contributed by atoms with E-state index in [2.05, 4.69) is 11.8 Å². The Morgan fingerprint density at radius 3 is 2.40 bits per heavy atom. The molecule has 0 aromatic rings. The van der Waals surface area contributed by atoms with Crippen LogP contribution in [0.25, 0.3) is 0 Å². The Bertz CT molecular complexity index is 443. The molecule has 1 heterocycles. The molecule has 2 atom stereocenters. The van der Waals surface area contributed by atoms with Gasteiger partial charge in [-0.2, -0.15) is 4.31 Å². The fourth-order valence-electron chi connectivity index (χ4n) is 3.28. The van der Waals surface area contributed by atoms with Crippen LogP contribution in [0.4, 0.5) is 0 Å². The van der Waals surface area contributed by atoms with Gasteiger partial charge in [0.05, 0.1) is 11.2 Å². The van der Waals surface area contributed by atoms with Crippen molar-refractivity contribution < 1.29 is 18.3 Å². The lowest BCUT2D eigenvalue weighted by molar-refractivity contribution is -0.141. The molecular formula is C13H24N2O4S. The molecule has 1 aliphatic heterocycles. The highest BCUT2D eigenvalue weighted by molar-refractivity contribution is 7.89. The molecule has 0 amide bonds. The second-order valence-corrected chi connectivity index (χ2v) is 7.85. The van der Waals surface area contributed by atoms with Gasteiger partial charge in [-0.25, -0.2) is 8.42 Å². The van der Waals surface area contributed by atoms with Gasteiger partial charge < -0.3 is 10.0 Å². The first-order valence-corrected chi connectivity index (χ1v) is 8.91. The van der Waals surface area contributed by atoms with Gasteiger partial charge in [-0.05, 0) is 25.8 Å². The van der Waals surface area contributed by atoms with Crippen LogP contribution in [-0.4, -0.2) is 66.7 Å². The molecule has 1 saturated carbocycles. The molecule has 2 fully saturated rings. The Labute approximate surface area is 120 Å². The van der Waals surface area contributed by atoms with E-state index in [9.17, 15) is 13.2 Å². The maximum Gasteiger partial charge on any atom is 0.307 e. The highest BCUT2D eigenvalue weighted by Gasteiger charge is 2.44. The summed E-state index contributed by atoms with van der Waals surface area (Å²) in [6.07, 6.45) is 2.72. The second kappa shape index (κ2) is 6.41. The monoisotopic (exact) mass is 304 g/mol. The average Bonchev–Trinajstić information content (AvgIpc) is 2.90. The predicted molar refractivity (Wildman–Crippen MR) is 76.0 cm³/mol. The third kappa shape index (κ3) is 3.15. The number of hydrogen-bond acceptors (Lipinski definition) is 4. The van der Waals surface area contributed by atoms with Crippen molar-refractivity contribution in [2.45, 2.75) is 37.9 Å². The van der Waals surface area contributed by atoms with E-state index in [1.54, 1.807) is 0 Å². The van der Waals surface area contributed by atoms with E-state index in [1.807, 2.05) is 0 Å². The van der Waals surface area contributed by atoms with E-state index < -0.39 is 27.2 Å². The van der Waals surface area contributed by atoms with Crippen molar-refractivity contribution in [2.24, 2.45) is 5.92 Å². The fraction of sp³-hybridized carbons (Fsp3) is 0.923. The van der Waals surface area contributed by atoms with Crippen LogP contribution < -0.4 is 0 Å². The van der Waals surface area contributed by atoms with Crippen LogP contribution in [0.5, 0.6) is 0 Å². The van der Waals surface area contributed by atoms with Crippen LogP contribution in [0.1, 0.15) is 32.6 Å². The number of rotatable bonds is 5. The van der Waals surface area contributed by atoms with Crippen LogP contribution in [-0.2, 0) is 14.8 Å². The summed E-state index contributed by atoms with van der Waals surface area (Å²) in [5.74, 6) is -1.70. The predicted octanol–water partition coefficient (Wildman–Crippen LogP) is 0.597. The molecule has 0 bridgehead atoms. The average molecular weight is 304 g/mol. The first-order chi connectivity index (χ1) is 9.46. The molecule has 1 N–H and O–H groups in total. The number of aliphatic carboxylic acids is 1. The van der Waals surface area contributed by atoms with E-state index in [0.717, 1.165) is 26.1 Å². The summed E-state index contributed by atoms with van der Waals surface area (Å²) in [6.45, 7) is 5.58. The summed E-state index contributed by atoms with van der Waals surface area (Å²) < 4.78 is 26.7. The Morgan fingerprint density at radius 1 is 1.20 bits per heavy atom. The zero-order chi connectivity index (χ0) is 14.8. The summed E-state index contributed by atoms with van der Waals surface area (Å²) in [5.41, 5.74) is 0. The number of hydrogen-bond donors (Lipinski definition) is 1.